The Morgan fingerprint density at radius 1 is 0.723 bits per heavy atom. The smallest absolute Gasteiger partial charge is 0.365 e. The predicted octanol–water partition coefficient (Wildman–Crippen LogP) is -1.73. The molecule has 2 heterocycles. The van der Waals surface area contributed by atoms with Crippen LogP contribution in [0.3, 0.4) is 0 Å². The monoisotopic (exact) mass is 932 g/mol. The van der Waals surface area contributed by atoms with E-state index in [1.165, 1.54) is 20.2 Å². The van der Waals surface area contributed by atoms with E-state index in [0.717, 1.165) is 12.2 Å². The van der Waals surface area contributed by atoms with Gasteiger partial charge in [0, 0.05) is 57.3 Å². The molecule has 0 aliphatic carbocycles. The molecule has 2 saturated heterocycles. The van der Waals surface area contributed by atoms with Crippen molar-refractivity contribution in [3.63, 3.8) is 0 Å². The second-order valence-electron chi connectivity index (χ2n) is 16.6. The quantitative estimate of drug-likeness (QED) is 0.0144. The summed E-state index contributed by atoms with van der Waals surface area (Å²) >= 11 is 0. The van der Waals surface area contributed by atoms with Crippen LogP contribution in [-0.2, 0) is 43.0 Å². The molecule has 0 aromatic heterocycles. The SMILES string of the molecule is C/C(=C\C(=O)N(O)CCC[C@@H](C(=O)OCC/C(C)=C/C(=O)N(O)CCC[C@@H]1NC(=O)[C@H](CCCN(O)C(=O)/C=C(\C)CCO[C@@H]2O[C@H](CO)[C@@H](O)[C@H](O)[C@@H]2O)NC1=O)[N+](C)(C)[O-])CCO. The summed E-state index contributed by atoms with van der Waals surface area (Å²) in [5, 5.41) is 97.8. The third-order valence-corrected chi connectivity index (χ3v) is 10.6. The number of ether oxygens (including phenoxy) is 3. The molecule has 0 saturated carbocycles. The van der Waals surface area contributed by atoms with E-state index in [1.54, 1.807) is 20.8 Å². The van der Waals surface area contributed by atoms with E-state index in [-0.39, 0.29) is 97.2 Å². The van der Waals surface area contributed by atoms with Gasteiger partial charge in [0.2, 0.25) is 11.8 Å². The Morgan fingerprint density at radius 2 is 1.17 bits per heavy atom. The molecule has 370 valence electrons. The molecular formula is C41H68N6O18. The molecule has 8 atom stereocenters. The van der Waals surface area contributed by atoms with Gasteiger partial charge < -0.3 is 60.2 Å². The molecule has 0 aromatic rings. The Bertz CT molecular complexity index is 1690. The number of quaternary nitrogens is 1. The van der Waals surface area contributed by atoms with E-state index in [1.807, 2.05) is 0 Å². The lowest BCUT2D eigenvalue weighted by atomic mass is 9.99. The van der Waals surface area contributed by atoms with Gasteiger partial charge in [0.1, 0.15) is 36.5 Å². The fourth-order valence-electron chi connectivity index (χ4n) is 6.62. The first-order valence-electron chi connectivity index (χ1n) is 21.4. The Labute approximate surface area is 377 Å². The summed E-state index contributed by atoms with van der Waals surface area (Å²) in [6.07, 6.45) is -2.67. The van der Waals surface area contributed by atoms with Gasteiger partial charge in [-0.1, -0.05) is 16.7 Å². The van der Waals surface area contributed by atoms with Gasteiger partial charge in [0.05, 0.1) is 33.9 Å². The normalized spacial score (nSPS) is 23.6. The molecule has 0 aromatic carbocycles. The minimum Gasteiger partial charge on any atom is -0.633 e. The van der Waals surface area contributed by atoms with Crippen molar-refractivity contribution in [2.75, 3.05) is 60.2 Å². The number of carbonyl (C=O) groups excluding carboxylic acids is 6. The number of nitrogens with one attached hydrogen (secondary N) is 2. The molecular weight excluding hydrogens is 864 g/mol. The molecule has 2 aliphatic heterocycles. The highest BCUT2D eigenvalue weighted by atomic mass is 16.7. The van der Waals surface area contributed by atoms with Gasteiger partial charge in [-0.25, -0.2) is 20.0 Å². The van der Waals surface area contributed by atoms with Crippen molar-refractivity contribution >= 4 is 35.5 Å². The van der Waals surface area contributed by atoms with Crippen LogP contribution in [0.4, 0.5) is 0 Å². The molecule has 0 bridgehead atoms. The highest BCUT2D eigenvalue weighted by Gasteiger charge is 2.44. The summed E-state index contributed by atoms with van der Waals surface area (Å²) in [6.45, 7) is 3.25. The molecule has 2 aliphatic rings. The number of carbonyl (C=O) groups is 6. The zero-order chi connectivity index (χ0) is 49.0. The van der Waals surface area contributed by atoms with Crippen LogP contribution >= 0.6 is 0 Å². The highest BCUT2D eigenvalue weighted by Crippen LogP contribution is 2.22. The lowest BCUT2D eigenvalue weighted by molar-refractivity contribution is -0.858. The molecule has 2 rings (SSSR count). The Kier molecular flexibility index (Phi) is 24.3. The van der Waals surface area contributed by atoms with Crippen LogP contribution in [0.25, 0.3) is 0 Å². The third-order valence-electron chi connectivity index (χ3n) is 10.6. The van der Waals surface area contributed by atoms with Gasteiger partial charge in [-0.15, -0.1) is 0 Å². The number of nitrogens with zero attached hydrogens (tertiary/aromatic N) is 4. The van der Waals surface area contributed by atoms with E-state index in [4.69, 9.17) is 19.3 Å². The fraction of sp³-hybridized carbons (Fsp3) is 0.707. The number of piperazine rings is 1. The Balaban J connectivity index is 1.70. The van der Waals surface area contributed by atoms with Crippen LogP contribution in [-0.4, -0.2) is 205 Å². The number of aliphatic hydroxyl groups excluding tert-OH is 5. The third kappa shape index (κ3) is 19.5. The van der Waals surface area contributed by atoms with Crippen molar-refractivity contribution < 1.29 is 88.8 Å². The molecule has 0 radical (unpaired) electrons. The van der Waals surface area contributed by atoms with Crippen LogP contribution in [0.1, 0.15) is 78.6 Å². The van der Waals surface area contributed by atoms with Crippen molar-refractivity contribution in [1.29, 1.82) is 0 Å². The van der Waals surface area contributed by atoms with Crippen molar-refractivity contribution in [3.05, 3.63) is 40.2 Å². The number of rotatable bonds is 27. The lowest BCUT2D eigenvalue weighted by Crippen LogP contribution is -2.61. The number of amides is 5. The number of aliphatic hydroxyl groups is 5. The average Bonchev–Trinajstić information content (AvgIpc) is 3.23. The summed E-state index contributed by atoms with van der Waals surface area (Å²) < 4.78 is 14.9. The van der Waals surface area contributed by atoms with Crippen LogP contribution in [0.2, 0.25) is 0 Å². The van der Waals surface area contributed by atoms with Gasteiger partial charge in [0.25, 0.3) is 17.7 Å². The van der Waals surface area contributed by atoms with E-state index in [2.05, 4.69) is 10.6 Å². The number of hydroxylamine groups is 9. The van der Waals surface area contributed by atoms with Gasteiger partial charge in [-0.3, -0.25) is 39.6 Å². The summed E-state index contributed by atoms with van der Waals surface area (Å²) in [6, 6.07) is -3.05. The zero-order valence-electron chi connectivity index (χ0n) is 37.6. The first-order chi connectivity index (χ1) is 30.5. The van der Waals surface area contributed by atoms with Gasteiger partial charge in [-0.2, -0.15) is 0 Å². The van der Waals surface area contributed by atoms with Crippen LogP contribution in [0.5, 0.6) is 0 Å². The molecule has 0 unspecified atom stereocenters. The summed E-state index contributed by atoms with van der Waals surface area (Å²) in [7, 11) is 2.51. The fourth-order valence-corrected chi connectivity index (χ4v) is 6.62. The van der Waals surface area contributed by atoms with Gasteiger partial charge in [0.15, 0.2) is 12.3 Å². The standard InChI is InChI=1S/C41H68N6O18/c1-25(12-18-48)21-32(50)46(61)17-8-11-30(47(4,5)62)40(58)63-19-13-26(2)22-33(51)44(59)15-6-9-28-38(56)43-29(39(57)42-28)10-7-16-45(60)34(52)23-27(3)14-20-64-41-37(55)36(54)35(53)31(24-49)65-41/h21-23,28-31,35-37,41,48-49,53-55,59-61H,6-20,24H2,1-5H3,(H,42,57)(H,43,56)/b25-21+,26-22+,27-23+/t28-,29-,30-,31+,35+,36-,37-,41+/m0/s1. The van der Waals surface area contributed by atoms with Crippen molar-refractivity contribution in [2.45, 2.75) is 127 Å². The van der Waals surface area contributed by atoms with Crippen molar-refractivity contribution in [3.8, 4) is 0 Å². The lowest BCUT2D eigenvalue weighted by Gasteiger charge is -2.40. The van der Waals surface area contributed by atoms with Gasteiger partial charge in [-0.05, 0) is 65.7 Å². The Hall–Kier alpha value is -4.44. The number of hydrogen-bond donors (Lipinski definition) is 10. The van der Waals surface area contributed by atoms with E-state index in [0.29, 0.717) is 31.9 Å². The first kappa shape index (κ1) is 56.7. The van der Waals surface area contributed by atoms with Crippen LogP contribution < -0.4 is 10.6 Å². The van der Waals surface area contributed by atoms with Gasteiger partial charge >= 0.3 is 5.97 Å². The molecule has 24 heteroatoms. The van der Waals surface area contributed by atoms with Crippen LogP contribution in [0.15, 0.2) is 34.9 Å². The van der Waals surface area contributed by atoms with Crippen LogP contribution in [0, 0.1) is 5.21 Å². The van der Waals surface area contributed by atoms with E-state index >= 15 is 0 Å². The Morgan fingerprint density at radius 3 is 1.62 bits per heavy atom. The minimum atomic E-state index is -1.60. The molecule has 2 fully saturated rings. The van der Waals surface area contributed by atoms with E-state index in [9.17, 15) is 70.0 Å². The summed E-state index contributed by atoms with van der Waals surface area (Å²) in [5.74, 6) is -4.05. The number of hydrogen-bond acceptors (Lipinski definition) is 18. The topological polar surface area (TPSA) is 349 Å². The zero-order valence-corrected chi connectivity index (χ0v) is 37.6. The number of likely N-dealkylation sites (N-methyl/N-ethyl adjacent to an activating group) is 1. The molecule has 10 N–H and O–H groups in total. The second kappa shape index (κ2) is 27.9. The molecule has 5 amide bonds. The van der Waals surface area contributed by atoms with Crippen molar-refractivity contribution in [1.82, 2.24) is 25.8 Å². The molecule has 0 spiro atoms. The highest BCUT2D eigenvalue weighted by molar-refractivity contribution is 5.97. The maximum absolute atomic E-state index is 12.8. The van der Waals surface area contributed by atoms with Crippen molar-refractivity contribution in [2.24, 2.45) is 0 Å². The maximum Gasteiger partial charge on any atom is 0.365 e. The second-order valence-corrected chi connectivity index (χ2v) is 16.6. The number of esters is 1. The first-order valence-corrected chi connectivity index (χ1v) is 21.4. The summed E-state index contributed by atoms with van der Waals surface area (Å²) in [4.78, 5) is 75.4. The minimum absolute atomic E-state index is 0.00560. The summed E-state index contributed by atoms with van der Waals surface area (Å²) in [5.41, 5.74) is 1.49. The molecule has 24 nitrogen and oxygen atoms in total. The largest absolute Gasteiger partial charge is 0.633 e. The van der Waals surface area contributed by atoms with E-state index < -0.39 is 95.6 Å². The average molecular weight is 933 g/mol. The predicted molar refractivity (Wildman–Crippen MR) is 224 cm³/mol. The maximum atomic E-state index is 12.8. The molecule has 65 heavy (non-hydrogen) atoms.